The van der Waals surface area contributed by atoms with Gasteiger partial charge in [0.25, 0.3) is 0 Å². The van der Waals surface area contributed by atoms with E-state index in [1.54, 1.807) is 0 Å². The highest BCUT2D eigenvalue weighted by atomic mass is 32.2. The summed E-state index contributed by atoms with van der Waals surface area (Å²) in [4.78, 5) is 13.1. The first-order valence-corrected chi connectivity index (χ1v) is 11.7. The molecule has 5 nitrogen and oxygen atoms in total. The Morgan fingerprint density at radius 1 is 1.27 bits per heavy atom. The average Bonchev–Trinajstić information content (AvgIpc) is 3.13. The lowest BCUT2D eigenvalue weighted by atomic mass is 10.2. The highest BCUT2D eigenvalue weighted by Gasteiger charge is 2.28. The van der Waals surface area contributed by atoms with Crippen LogP contribution in [-0.2, 0) is 14.8 Å². The number of hydrogen-bond acceptors (Lipinski definition) is 5. The van der Waals surface area contributed by atoms with Crippen LogP contribution in [0.2, 0.25) is 0 Å². The number of amides is 1. The normalized spacial score (nSPS) is 14.0. The standard InChI is InChI=1S/C17H21FN2O3S3/c1-12(15-7-5-10-25-15)19-17(21)14(9-11-24-2)20-26(22,23)16-8-4-3-6-13(16)18/h3-8,10,12,14,20H,9,11H2,1-2H3,(H,19,21). The molecule has 0 saturated carbocycles. The Labute approximate surface area is 161 Å². The molecule has 0 aliphatic heterocycles. The molecule has 2 rings (SSSR count). The summed E-state index contributed by atoms with van der Waals surface area (Å²) in [5.41, 5.74) is 0. The molecule has 0 fully saturated rings. The van der Waals surface area contributed by atoms with E-state index in [1.807, 2.05) is 30.7 Å². The average molecular weight is 417 g/mol. The third-order valence-electron chi connectivity index (χ3n) is 3.68. The summed E-state index contributed by atoms with van der Waals surface area (Å²) in [7, 11) is -4.15. The van der Waals surface area contributed by atoms with Crippen LogP contribution in [-0.4, -0.2) is 32.4 Å². The second kappa shape index (κ2) is 9.50. The Kier molecular flexibility index (Phi) is 7.63. The number of sulfonamides is 1. The van der Waals surface area contributed by atoms with Gasteiger partial charge in [0, 0.05) is 4.88 Å². The molecule has 2 unspecified atom stereocenters. The molecular weight excluding hydrogens is 395 g/mol. The lowest BCUT2D eigenvalue weighted by Gasteiger charge is -2.21. The molecule has 0 aliphatic rings. The summed E-state index contributed by atoms with van der Waals surface area (Å²) in [6.07, 6.45) is 2.17. The van der Waals surface area contributed by atoms with Crippen LogP contribution in [0.15, 0.2) is 46.7 Å². The van der Waals surface area contributed by atoms with Gasteiger partial charge in [0.05, 0.1) is 6.04 Å². The molecule has 2 atom stereocenters. The Morgan fingerprint density at radius 2 is 2.00 bits per heavy atom. The summed E-state index contributed by atoms with van der Waals surface area (Å²) < 4.78 is 41.2. The van der Waals surface area contributed by atoms with Gasteiger partial charge >= 0.3 is 0 Å². The fraction of sp³-hybridized carbons (Fsp3) is 0.353. The molecule has 1 amide bonds. The summed E-state index contributed by atoms with van der Waals surface area (Å²) >= 11 is 3.01. The maximum Gasteiger partial charge on any atom is 0.244 e. The summed E-state index contributed by atoms with van der Waals surface area (Å²) in [5.74, 6) is -0.693. The van der Waals surface area contributed by atoms with Gasteiger partial charge < -0.3 is 5.32 Å². The smallest absolute Gasteiger partial charge is 0.244 e. The monoisotopic (exact) mass is 416 g/mol. The Hall–Kier alpha value is -1.42. The molecule has 9 heteroatoms. The van der Waals surface area contributed by atoms with Crippen molar-refractivity contribution in [2.24, 2.45) is 0 Å². The largest absolute Gasteiger partial charge is 0.347 e. The van der Waals surface area contributed by atoms with E-state index in [9.17, 15) is 17.6 Å². The van der Waals surface area contributed by atoms with Gasteiger partial charge in [-0.2, -0.15) is 16.5 Å². The van der Waals surface area contributed by atoms with Crippen LogP contribution in [0.25, 0.3) is 0 Å². The van der Waals surface area contributed by atoms with Gasteiger partial charge in [0.2, 0.25) is 15.9 Å². The van der Waals surface area contributed by atoms with Crippen molar-refractivity contribution in [2.75, 3.05) is 12.0 Å². The summed E-state index contributed by atoms with van der Waals surface area (Å²) in [5, 5.41) is 4.73. The molecule has 0 spiro atoms. The van der Waals surface area contributed by atoms with E-state index >= 15 is 0 Å². The molecule has 1 aromatic heterocycles. The second-order valence-corrected chi connectivity index (χ2v) is 9.28. The predicted octanol–water partition coefficient (Wildman–Crippen LogP) is 3.16. The van der Waals surface area contributed by atoms with Gasteiger partial charge in [-0.1, -0.05) is 18.2 Å². The van der Waals surface area contributed by atoms with E-state index < -0.39 is 32.7 Å². The first-order valence-electron chi connectivity index (χ1n) is 7.94. The van der Waals surface area contributed by atoms with Crippen molar-refractivity contribution in [3.8, 4) is 0 Å². The highest BCUT2D eigenvalue weighted by Crippen LogP contribution is 2.19. The Morgan fingerprint density at radius 3 is 2.62 bits per heavy atom. The van der Waals surface area contributed by atoms with Gasteiger partial charge in [-0.05, 0) is 48.9 Å². The van der Waals surface area contributed by atoms with Crippen LogP contribution < -0.4 is 10.0 Å². The zero-order valence-electron chi connectivity index (χ0n) is 14.4. The zero-order chi connectivity index (χ0) is 19.2. The minimum atomic E-state index is -4.15. The minimum Gasteiger partial charge on any atom is -0.347 e. The van der Waals surface area contributed by atoms with Crippen molar-refractivity contribution >= 4 is 39.0 Å². The van der Waals surface area contributed by atoms with E-state index in [2.05, 4.69) is 10.0 Å². The fourth-order valence-corrected chi connectivity index (χ4v) is 4.83. The second-order valence-electron chi connectivity index (χ2n) is 5.63. The Bertz CT molecular complexity index is 826. The fourth-order valence-electron chi connectivity index (χ4n) is 2.32. The van der Waals surface area contributed by atoms with Crippen molar-refractivity contribution in [3.05, 3.63) is 52.5 Å². The quantitative estimate of drug-likeness (QED) is 0.658. The molecule has 2 N–H and O–H groups in total. The van der Waals surface area contributed by atoms with Gasteiger partial charge in [-0.15, -0.1) is 11.3 Å². The van der Waals surface area contributed by atoms with Gasteiger partial charge in [0.15, 0.2) is 0 Å². The number of nitrogens with one attached hydrogen (secondary N) is 2. The van der Waals surface area contributed by atoms with Crippen LogP contribution in [0.3, 0.4) is 0 Å². The van der Waals surface area contributed by atoms with E-state index in [0.29, 0.717) is 12.2 Å². The lowest BCUT2D eigenvalue weighted by Crippen LogP contribution is -2.47. The van der Waals surface area contributed by atoms with Crippen molar-refractivity contribution < 1.29 is 17.6 Å². The van der Waals surface area contributed by atoms with Crippen molar-refractivity contribution in [1.82, 2.24) is 10.0 Å². The van der Waals surface area contributed by atoms with E-state index in [-0.39, 0.29) is 6.04 Å². The lowest BCUT2D eigenvalue weighted by molar-refractivity contribution is -0.123. The highest BCUT2D eigenvalue weighted by molar-refractivity contribution is 7.98. The van der Waals surface area contributed by atoms with Crippen LogP contribution in [0.4, 0.5) is 4.39 Å². The first-order chi connectivity index (χ1) is 12.3. The number of carbonyl (C=O) groups excluding carboxylic acids is 1. The van der Waals surface area contributed by atoms with Crippen LogP contribution >= 0.6 is 23.1 Å². The molecule has 0 radical (unpaired) electrons. The molecule has 2 aromatic rings. The number of thioether (sulfide) groups is 1. The topological polar surface area (TPSA) is 75.3 Å². The number of carbonyl (C=O) groups is 1. The Balaban J connectivity index is 2.16. The van der Waals surface area contributed by atoms with Gasteiger partial charge in [-0.25, -0.2) is 12.8 Å². The number of halogens is 1. The SMILES string of the molecule is CSCCC(NS(=O)(=O)c1ccccc1F)C(=O)NC(C)c1cccs1. The molecule has 1 aromatic carbocycles. The molecule has 0 saturated heterocycles. The minimum absolute atomic E-state index is 0.239. The molecule has 1 heterocycles. The third kappa shape index (κ3) is 5.54. The summed E-state index contributed by atoms with van der Waals surface area (Å²) in [6.45, 7) is 1.83. The van der Waals surface area contributed by atoms with E-state index in [1.165, 1.54) is 41.3 Å². The van der Waals surface area contributed by atoms with Crippen molar-refractivity contribution in [3.63, 3.8) is 0 Å². The van der Waals surface area contributed by atoms with Crippen molar-refractivity contribution in [2.45, 2.75) is 30.3 Å². The number of benzene rings is 1. The number of thiophene rings is 1. The molecule has 0 bridgehead atoms. The maximum atomic E-state index is 13.9. The molecule has 26 heavy (non-hydrogen) atoms. The van der Waals surface area contributed by atoms with Crippen LogP contribution in [0.5, 0.6) is 0 Å². The van der Waals surface area contributed by atoms with Gasteiger partial charge in [-0.3, -0.25) is 4.79 Å². The van der Waals surface area contributed by atoms with E-state index in [0.717, 1.165) is 10.9 Å². The van der Waals surface area contributed by atoms with E-state index in [4.69, 9.17) is 0 Å². The first kappa shape index (κ1) is 20.9. The zero-order valence-corrected chi connectivity index (χ0v) is 16.9. The van der Waals surface area contributed by atoms with Crippen molar-refractivity contribution in [1.29, 1.82) is 0 Å². The number of hydrogen-bond donors (Lipinski definition) is 2. The molecular formula is C17H21FN2O3S3. The van der Waals surface area contributed by atoms with Crippen LogP contribution in [0.1, 0.15) is 24.3 Å². The summed E-state index contributed by atoms with van der Waals surface area (Å²) in [6, 6.07) is 7.67. The number of rotatable bonds is 9. The molecule has 0 aliphatic carbocycles. The van der Waals surface area contributed by atoms with Crippen LogP contribution in [0, 0.1) is 5.82 Å². The predicted molar refractivity (Wildman–Crippen MR) is 104 cm³/mol. The molecule has 142 valence electrons. The van der Waals surface area contributed by atoms with Gasteiger partial charge in [0.1, 0.15) is 16.8 Å². The maximum absolute atomic E-state index is 13.9. The third-order valence-corrected chi connectivity index (χ3v) is 6.88.